The van der Waals surface area contributed by atoms with E-state index < -0.39 is 5.97 Å². The van der Waals surface area contributed by atoms with Crippen LogP contribution in [-0.2, 0) is 9.53 Å². The van der Waals surface area contributed by atoms with Crippen LogP contribution < -0.4 is 0 Å². The van der Waals surface area contributed by atoms with Crippen molar-refractivity contribution in [2.75, 3.05) is 12.9 Å². The fourth-order valence-electron chi connectivity index (χ4n) is 1.26. The van der Waals surface area contributed by atoms with Gasteiger partial charge in [-0.15, -0.1) is 0 Å². The minimum Gasteiger partial charge on any atom is -0.459 e. The molecule has 2 nitrogen and oxygen atoms in total. The first-order valence-corrected chi connectivity index (χ1v) is 5.56. The van der Waals surface area contributed by atoms with Crippen molar-refractivity contribution in [3.8, 4) is 11.8 Å². The van der Waals surface area contributed by atoms with Gasteiger partial charge in [-0.1, -0.05) is 12.3 Å². The third-order valence-electron chi connectivity index (χ3n) is 1.98. The van der Waals surface area contributed by atoms with Gasteiger partial charge in [-0.2, -0.15) is 11.8 Å². The lowest BCUT2D eigenvalue weighted by Gasteiger charge is -2.18. The summed E-state index contributed by atoms with van der Waals surface area (Å²) in [5.41, 5.74) is 0. The summed E-state index contributed by atoms with van der Waals surface area (Å²) in [6.07, 6.45) is 4.68. The van der Waals surface area contributed by atoms with Crippen LogP contribution in [0.1, 0.15) is 25.7 Å². The average Bonchev–Trinajstić information content (AvgIpc) is 2.19. The molecule has 1 atom stereocenters. The number of hydrogen-bond donors (Lipinski definition) is 0. The highest BCUT2D eigenvalue weighted by molar-refractivity contribution is 7.99. The Bertz CT molecular complexity index is 221. The molecule has 1 aliphatic rings. The van der Waals surface area contributed by atoms with Gasteiger partial charge in [0.05, 0.1) is 7.11 Å². The van der Waals surface area contributed by atoms with Gasteiger partial charge < -0.3 is 4.74 Å². The van der Waals surface area contributed by atoms with Gasteiger partial charge in [-0.3, -0.25) is 0 Å². The zero-order valence-corrected chi connectivity index (χ0v) is 8.65. The van der Waals surface area contributed by atoms with E-state index in [1.165, 1.54) is 32.1 Å². The van der Waals surface area contributed by atoms with Crippen LogP contribution in [-0.4, -0.2) is 24.1 Å². The van der Waals surface area contributed by atoms with E-state index in [4.69, 9.17) is 0 Å². The third-order valence-corrected chi connectivity index (χ3v) is 3.38. The number of carbonyl (C=O) groups excluding carboxylic acids is 1. The molecule has 1 saturated heterocycles. The molecule has 0 aromatic rings. The van der Waals surface area contributed by atoms with Crippen molar-refractivity contribution >= 4 is 17.7 Å². The van der Waals surface area contributed by atoms with Gasteiger partial charge in [0.15, 0.2) is 0 Å². The molecule has 0 N–H and O–H groups in total. The summed E-state index contributed by atoms with van der Waals surface area (Å²) in [5.74, 6) is 6.13. The monoisotopic (exact) mass is 198 g/mol. The Hall–Kier alpha value is -0.620. The van der Waals surface area contributed by atoms with E-state index in [1.54, 1.807) is 0 Å². The van der Waals surface area contributed by atoms with Crippen LogP contribution in [0.15, 0.2) is 0 Å². The van der Waals surface area contributed by atoms with Crippen molar-refractivity contribution in [1.29, 1.82) is 0 Å². The summed E-state index contributed by atoms with van der Waals surface area (Å²) in [4.78, 5) is 10.7. The first kappa shape index (κ1) is 10.5. The van der Waals surface area contributed by atoms with E-state index >= 15 is 0 Å². The van der Waals surface area contributed by atoms with Gasteiger partial charge in [0.2, 0.25) is 0 Å². The Morgan fingerprint density at radius 2 is 2.46 bits per heavy atom. The lowest BCUT2D eigenvalue weighted by Crippen LogP contribution is -2.08. The number of ether oxygens (including phenoxy) is 1. The molecule has 1 fully saturated rings. The number of carbonyl (C=O) groups is 1. The van der Waals surface area contributed by atoms with Crippen LogP contribution in [0, 0.1) is 11.8 Å². The maximum Gasteiger partial charge on any atom is 0.384 e. The third kappa shape index (κ3) is 4.23. The van der Waals surface area contributed by atoms with Gasteiger partial charge in [0, 0.05) is 17.6 Å². The van der Waals surface area contributed by atoms with Crippen molar-refractivity contribution in [3.63, 3.8) is 0 Å². The van der Waals surface area contributed by atoms with Crippen LogP contribution in [0.2, 0.25) is 0 Å². The second kappa shape index (κ2) is 5.93. The number of hydrogen-bond acceptors (Lipinski definition) is 3. The maximum absolute atomic E-state index is 10.7. The van der Waals surface area contributed by atoms with Crippen molar-refractivity contribution in [3.05, 3.63) is 0 Å². The van der Waals surface area contributed by atoms with Gasteiger partial charge >= 0.3 is 5.97 Å². The lowest BCUT2D eigenvalue weighted by molar-refractivity contribution is -0.133. The van der Waals surface area contributed by atoms with E-state index in [1.807, 2.05) is 11.8 Å². The molecule has 72 valence electrons. The number of thioether (sulfide) groups is 1. The first-order chi connectivity index (χ1) is 6.33. The summed E-state index contributed by atoms with van der Waals surface area (Å²) in [7, 11) is 1.35. The smallest absolute Gasteiger partial charge is 0.384 e. The Morgan fingerprint density at radius 3 is 3.08 bits per heavy atom. The molecule has 0 radical (unpaired) electrons. The molecule has 1 unspecified atom stereocenters. The summed E-state index contributed by atoms with van der Waals surface area (Å²) >= 11 is 1.97. The zero-order chi connectivity index (χ0) is 9.52. The second-order valence-corrected chi connectivity index (χ2v) is 4.39. The highest BCUT2D eigenvalue weighted by atomic mass is 32.2. The zero-order valence-electron chi connectivity index (χ0n) is 7.84. The fraction of sp³-hybridized carbons (Fsp3) is 0.700. The Balaban J connectivity index is 2.22. The molecule has 0 aliphatic carbocycles. The molecule has 0 aromatic heterocycles. The maximum atomic E-state index is 10.7. The molecular weight excluding hydrogens is 184 g/mol. The highest BCUT2D eigenvalue weighted by Gasteiger charge is 2.11. The van der Waals surface area contributed by atoms with E-state index in [9.17, 15) is 4.79 Å². The van der Waals surface area contributed by atoms with Gasteiger partial charge in [-0.25, -0.2) is 4.79 Å². The van der Waals surface area contributed by atoms with Crippen LogP contribution in [0.5, 0.6) is 0 Å². The molecule has 0 bridgehead atoms. The predicted molar refractivity (Wildman–Crippen MR) is 54.5 cm³/mol. The van der Waals surface area contributed by atoms with Gasteiger partial charge in [0.25, 0.3) is 0 Å². The minimum atomic E-state index is -0.430. The summed E-state index contributed by atoms with van der Waals surface area (Å²) in [5, 5.41) is 0.630. The molecule has 0 aromatic carbocycles. The fourth-order valence-corrected chi connectivity index (χ4v) is 2.50. The highest BCUT2D eigenvalue weighted by Crippen LogP contribution is 2.26. The van der Waals surface area contributed by atoms with E-state index in [-0.39, 0.29) is 0 Å². The molecule has 0 spiro atoms. The normalized spacial score (nSPS) is 21.5. The summed E-state index contributed by atoms with van der Waals surface area (Å²) < 4.78 is 4.42. The van der Waals surface area contributed by atoms with Crippen LogP contribution >= 0.6 is 11.8 Å². The summed E-state index contributed by atoms with van der Waals surface area (Å²) in [6, 6.07) is 0. The van der Waals surface area contributed by atoms with E-state index in [0.717, 1.165) is 6.42 Å². The Kier molecular flexibility index (Phi) is 4.77. The predicted octanol–water partition coefficient (Wildman–Crippen LogP) is 1.84. The average molecular weight is 198 g/mol. The van der Waals surface area contributed by atoms with Crippen molar-refractivity contribution in [2.24, 2.45) is 0 Å². The second-order valence-electron chi connectivity index (χ2n) is 2.99. The molecule has 1 aliphatic heterocycles. The molecule has 3 heteroatoms. The number of rotatable bonds is 1. The Labute approximate surface area is 83.4 Å². The van der Waals surface area contributed by atoms with Crippen LogP contribution in [0.4, 0.5) is 0 Å². The quantitative estimate of drug-likeness (QED) is 0.365. The van der Waals surface area contributed by atoms with Gasteiger partial charge in [0.1, 0.15) is 0 Å². The Morgan fingerprint density at radius 1 is 1.62 bits per heavy atom. The van der Waals surface area contributed by atoms with Crippen molar-refractivity contribution in [2.45, 2.75) is 30.9 Å². The van der Waals surface area contributed by atoms with Crippen LogP contribution in [0.3, 0.4) is 0 Å². The van der Waals surface area contributed by atoms with E-state index in [0.29, 0.717) is 5.25 Å². The number of esters is 1. The molecule has 13 heavy (non-hydrogen) atoms. The molecule has 1 heterocycles. The largest absolute Gasteiger partial charge is 0.459 e. The summed E-state index contributed by atoms with van der Waals surface area (Å²) in [6.45, 7) is 0. The van der Waals surface area contributed by atoms with E-state index in [2.05, 4.69) is 16.6 Å². The number of methoxy groups -OCH3 is 1. The first-order valence-electron chi connectivity index (χ1n) is 4.51. The topological polar surface area (TPSA) is 26.3 Å². The standard InChI is InChI=1S/C10H14O2S/c1-12-10(11)7-4-6-9-5-2-3-8-13-9/h9H,2-3,5-6,8H2,1H3. The lowest BCUT2D eigenvalue weighted by atomic mass is 10.1. The molecule has 0 amide bonds. The molecule has 0 saturated carbocycles. The SMILES string of the molecule is COC(=O)C#CCC1CCCCS1. The van der Waals surface area contributed by atoms with Gasteiger partial charge in [-0.05, 0) is 18.6 Å². The molecule has 1 rings (SSSR count). The van der Waals surface area contributed by atoms with Crippen molar-refractivity contribution < 1.29 is 9.53 Å². The van der Waals surface area contributed by atoms with Crippen molar-refractivity contribution in [1.82, 2.24) is 0 Å². The van der Waals surface area contributed by atoms with Crippen LogP contribution in [0.25, 0.3) is 0 Å². The minimum absolute atomic E-state index is 0.430. The molecular formula is C10H14O2S.